The first-order valence-electron chi connectivity index (χ1n) is 9.49. The minimum atomic E-state index is 0.246. The third-order valence-electron chi connectivity index (χ3n) is 5.64. The molecule has 0 N–H and O–H groups in total. The predicted molar refractivity (Wildman–Crippen MR) is 96.2 cm³/mol. The molecule has 0 bridgehead atoms. The summed E-state index contributed by atoms with van der Waals surface area (Å²) in [7, 11) is 2.04. The van der Waals surface area contributed by atoms with Gasteiger partial charge in [-0.1, -0.05) is 6.07 Å². The smallest absolute Gasteiger partial charge is 0.231 e. The van der Waals surface area contributed by atoms with Gasteiger partial charge >= 0.3 is 0 Å². The minimum Gasteiger partial charge on any atom is -0.454 e. The number of aryl methyl sites for hydroxylation is 1. The monoisotopic (exact) mass is 355 g/mol. The molecule has 2 aliphatic heterocycles. The van der Waals surface area contributed by atoms with E-state index in [4.69, 9.17) is 14.2 Å². The fraction of sp³-hybridized carbons (Fsp3) is 0.550. The van der Waals surface area contributed by atoms with Gasteiger partial charge in [-0.25, -0.2) is 0 Å². The fourth-order valence-electron chi connectivity index (χ4n) is 3.99. The topological polar surface area (TPSA) is 48.8 Å². The summed E-state index contributed by atoms with van der Waals surface area (Å²) in [5.41, 5.74) is 3.90. The van der Waals surface area contributed by atoms with Crippen molar-refractivity contribution in [3.63, 3.8) is 0 Å². The van der Waals surface area contributed by atoms with Gasteiger partial charge in [-0.15, -0.1) is 0 Å². The molecule has 0 amide bonds. The molecule has 3 aliphatic rings. The molecule has 1 saturated carbocycles. The van der Waals surface area contributed by atoms with Gasteiger partial charge in [-0.3, -0.25) is 9.58 Å². The Hall–Kier alpha value is -2.05. The van der Waals surface area contributed by atoms with E-state index in [0.29, 0.717) is 6.79 Å². The molecule has 1 aliphatic carbocycles. The number of rotatable bonds is 6. The molecule has 0 saturated heterocycles. The fourth-order valence-corrected chi connectivity index (χ4v) is 3.99. The van der Waals surface area contributed by atoms with Gasteiger partial charge in [0.1, 0.15) is 0 Å². The van der Waals surface area contributed by atoms with Crippen molar-refractivity contribution in [1.29, 1.82) is 0 Å². The normalized spacial score (nSPS) is 21.8. The van der Waals surface area contributed by atoms with Crippen molar-refractivity contribution in [3.05, 3.63) is 41.2 Å². The van der Waals surface area contributed by atoms with Crippen LogP contribution in [0.4, 0.5) is 0 Å². The third kappa shape index (κ3) is 3.08. The molecule has 3 heterocycles. The molecule has 0 radical (unpaired) electrons. The second-order valence-electron chi connectivity index (χ2n) is 7.58. The van der Waals surface area contributed by atoms with Crippen LogP contribution in [0.1, 0.15) is 35.7 Å². The Labute approximate surface area is 153 Å². The molecule has 1 aromatic heterocycles. The van der Waals surface area contributed by atoms with E-state index in [-0.39, 0.29) is 6.04 Å². The van der Waals surface area contributed by atoms with Crippen molar-refractivity contribution in [2.75, 3.05) is 26.6 Å². The summed E-state index contributed by atoms with van der Waals surface area (Å²) in [6.45, 7) is 3.83. The highest BCUT2D eigenvalue weighted by molar-refractivity contribution is 5.44. The largest absolute Gasteiger partial charge is 0.454 e. The van der Waals surface area contributed by atoms with Crippen LogP contribution >= 0.6 is 0 Å². The zero-order valence-electron chi connectivity index (χ0n) is 15.2. The zero-order chi connectivity index (χ0) is 17.5. The molecular weight excluding hydrogens is 330 g/mol. The Morgan fingerprint density at radius 3 is 2.96 bits per heavy atom. The summed E-state index contributed by atoms with van der Waals surface area (Å²) in [6, 6.07) is 6.49. The van der Waals surface area contributed by atoms with E-state index in [0.717, 1.165) is 50.1 Å². The van der Waals surface area contributed by atoms with Crippen LogP contribution in [0.5, 0.6) is 11.5 Å². The Kier molecular flexibility index (Phi) is 4.10. The average molecular weight is 355 g/mol. The molecule has 1 fully saturated rings. The van der Waals surface area contributed by atoms with E-state index >= 15 is 0 Å². The van der Waals surface area contributed by atoms with Crippen LogP contribution in [0.3, 0.4) is 0 Å². The quantitative estimate of drug-likeness (QED) is 0.797. The standard InChI is InChI=1S/C20H25N3O3/c1-22-20-16(9-21-22)6-7-23(17(20)12-24-11-14-2-3-14)10-15-4-5-18-19(8-15)26-13-25-18/h4-5,8-9,14,17H,2-3,6-7,10-13H2,1H3/t17-/m1/s1. The van der Waals surface area contributed by atoms with Gasteiger partial charge in [0.2, 0.25) is 6.79 Å². The Morgan fingerprint density at radius 2 is 2.08 bits per heavy atom. The Morgan fingerprint density at radius 1 is 1.19 bits per heavy atom. The van der Waals surface area contributed by atoms with Crippen LogP contribution < -0.4 is 9.47 Å². The summed E-state index contributed by atoms with van der Waals surface area (Å²) >= 11 is 0. The van der Waals surface area contributed by atoms with E-state index < -0.39 is 0 Å². The second kappa shape index (κ2) is 6.59. The van der Waals surface area contributed by atoms with Crippen molar-refractivity contribution < 1.29 is 14.2 Å². The van der Waals surface area contributed by atoms with E-state index in [1.165, 1.54) is 29.7 Å². The van der Waals surface area contributed by atoms with Gasteiger partial charge in [0.15, 0.2) is 11.5 Å². The van der Waals surface area contributed by atoms with Crippen molar-refractivity contribution in [2.24, 2.45) is 13.0 Å². The van der Waals surface area contributed by atoms with Crippen LogP contribution in [-0.2, 0) is 24.8 Å². The van der Waals surface area contributed by atoms with Gasteiger partial charge in [-0.2, -0.15) is 5.10 Å². The molecule has 138 valence electrons. The van der Waals surface area contributed by atoms with E-state index in [2.05, 4.69) is 22.1 Å². The highest BCUT2D eigenvalue weighted by Crippen LogP contribution is 2.36. The molecular formula is C20H25N3O3. The first-order chi connectivity index (χ1) is 12.8. The van der Waals surface area contributed by atoms with E-state index in [1.54, 1.807) is 0 Å². The minimum absolute atomic E-state index is 0.246. The molecule has 0 unspecified atom stereocenters. The van der Waals surface area contributed by atoms with E-state index in [9.17, 15) is 0 Å². The van der Waals surface area contributed by atoms with Crippen molar-refractivity contribution in [2.45, 2.75) is 31.8 Å². The number of hydrogen-bond acceptors (Lipinski definition) is 5. The summed E-state index contributed by atoms with van der Waals surface area (Å²) < 4.78 is 19.1. The predicted octanol–water partition coefficient (Wildman–Crippen LogP) is 2.67. The molecule has 1 atom stereocenters. The van der Waals surface area contributed by atoms with Crippen molar-refractivity contribution in [1.82, 2.24) is 14.7 Å². The molecule has 2 aromatic rings. The molecule has 1 aromatic carbocycles. The van der Waals surface area contributed by atoms with Gasteiger partial charge in [-0.05, 0) is 48.4 Å². The highest BCUT2D eigenvalue weighted by atomic mass is 16.7. The van der Waals surface area contributed by atoms with Crippen LogP contribution in [0.25, 0.3) is 0 Å². The van der Waals surface area contributed by atoms with E-state index in [1.807, 2.05) is 24.0 Å². The lowest BCUT2D eigenvalue weighted by Crippen LogP contribution is -2.38. The van der Waals surface area contributed by atoms with Crippen LogP contribution in [0.15, 0.2) is 24.4 Å². The van der Waals surface area contributed by atoms with Gasteiger partial charge in [0.25, 0.3) is 0 Å². The van der Waals surface area contributed by atoms with Gasteiger partial charge in [0.05, 0.1) is 24.5 Å². The lowest BCUT2D eigenvalue weighted by atomic mass is 9.99. The number of nitrogens with zero attached hydrogens (tertiary/aromatic N) is 3. The Balaban J connectivity index is 1.36. The van der Waals surface area contributed by atoms with Crippen LogP contribution in [-0.4, -0.2) is 41.2 Å². The molecule has 6 nitrogen and oxygen atoms in total. The molecule has 5 rings (SSSR count). The maximum absolute atomic E-state index is 6.09. The molecule has 26 heavy (non-hydrogen) atoms. The van der Waals surface area contributed by atoms with Gasteiger partial charge < -0.3 is 14.2 Å². The Bertz CT molecular complexity index is 800. The van der Waals surface area contributed by atoms with Crippen LogP contribution in [0, 0.1) is 5.92 Å². The molecule has 0 spiro atoms. The number of ether oxygens (including phenoxy) is 3. The zero-order valence-corrected chi connectivity index (χ0v) is 15.2. The lowest BCUT2D eigenvalue weighted by Gasteiger charge is -2.36. The maximum Gasteiger partial charge on any atom is 0.231 e. The summed E-state index contributed by atoms with van der Waals surface area (Å²) in [4.78, 5) is 2.51. The summed E-state index contributed by atoms with van der Waals surface area (Å²) in [5.74, 6) is 2.47. The van der Waals surface area contributed by atoms with Crippen molar-refractivity contribution in [3.8, 4) is 11.5 Å². The second-order valence-corrected chi connectivity index (χ2v) is 7.58. The van der Waals surface area contributed by atoms with Crippen LogP contribution in [0.2, 0.25) is 0 Å². The summed E-state index contributed by atoms with van der Waals surface area (Å²) in [5, 5.41) is 4.49. The maximum atomic E-state index is 6.09. The first kappa shape index (κ1) is 16.1. The van der Waals surface area contributed by atoms with Crippen molar-refractivity contribution >= 4 is 0 Å². The number of fused-ring (bicyclic) bond motifs is 2. The SMILES string of the molecule is Cn1ncc2c1[C@@H](COCC1CC1)N(Cc1ccc3c(c1)OCO3)CC2. The first-order valence-corrected chi connectivity index (χ1v) is 9.49. The third-order valence-corrected chi connectivity index (χ3v) is 5.64. The number of hydrogen-bond donors (Lipinski definition) is 0. The lowest BCUT2D eigenvalue weighted by molar-refractivity contribution is 0.0413. The highest BCUT2D eigenvalue weighted by Gasteiger charge is 2.32. The number of aromatic nitrogens is 2. The average Bonchev–Trinajstić information content (AvgIpc) is 3.22. The number of benzene rings is 1. The summed E-state index contributed by atoms with van der Waals surface area (Å²) in [6.07, 6.45) is 5.69. The molecule has 6 heteroatoms. The van der Waals surface area contributed by atoms with Gasteiger partial charge in [0, 0.05) is 26.7 Å².